The number of nitrogens with zero attached hydrogens (tertiary/aromatic N) is 2. The number of ether oxygens (including phenoxy) is 2. The van der Waals surface area contributed by atoms with Crippen molar-refractivity contribution in [1.82, 2.24) is 15.3 Å². The molecule has 1 aliphatic rings. The number of benzene rings is 1. The van der Waals surface area contributed by atoms with Gasteiger partial charge < -0.3 is 20.1 Å². The Kier molecular flexibility index (Phi) is 6.74. The number of rotatable bonds is 6. The van der Waals surface area contributed by atoms with E-state index < -0.39 is 17.9 Å². The lowest BCUT2D eigenvalue weighted by Crippen LogP contribution is -2.32. The van der Waals surface area contributed by atoms with Gasteiger partial charge in [0.05, 0.1) is 37.0 Å². The highest BCUT2D eigenvalue weighted by Crippen LogP contribution is 2.42. The predicted molar refractivity (Wildman–Crippen MR) is 130 cm³/mol. The second-order valence-electron chi connectivity index (χ2n) is 7.61. The smallest absolute Gasteiger partial charge is 0.336 e. The summed E-state index contributed by atoms with van der Waals surface area (Å²) in [6.07, 6.45) is 3.47. The molecule has 3 aromatic rings. The van der Waals surface area contributed by atoms with Crippen LogP contribution in [0.1, 0.15) is 25.3 Å². The molecule has 2 aromatic heterocycles. The summed E-state index contributed by atoms with van der Waals surface area (Å²) in [6, 6.07) is 11.3. The van der Waals surface area contributed by atoms with E-state index in [4.69, 9.17) is 9.47 Å². The minimum atomic E-state index is -0.692. The largest absolute Gasteiger partial charge is 0.466 e. The molecule has 8 nitrogen and oxygen atoms in total. The van der Waals surface area contributed by atoms with E-state index in [-0.39, 0.29) is 0 Å². The molecule has 0 spiro atoms. The third kappa shape index (κ3) is 4.42. The molecule has 0 bridgehead atoms. The van der Waals surface area contributed by atoms with E-state index in [0.717, 1.165) is 16.8 Å². The minimum absolute atomic E-state index is 0.345. The molecule has 0 aliphatic carbocycles. The number of methoxy groups -OCH3 is 2. The Morgan fingerprint density at radius 3 is 2.29 bits per heavy atom. The number of aromatic nitrogens is 2. The lowest BCUT2D eigenvalue weighted by atomic mass is 9.79. The van der Waals surface area contributed by atoms with Gasteiger partial charge in [0.2, 0.25) is 0 Å². The molecule has 174 valence electrons. The first kappa shape index (κ1) is 23.2. The molecule has 0 saturated carbocycles. The van der Waals surface area contributed by atoms with Crippen LogP contribution in [0.4, 0.5) is 10.8 Å². The second-order valence-corrected chi connectivity index (χ2v) is 8.47. The highest BCUT2D eigenvalue weighted by Gasteiger charge is 2.38. The highest BCUT2D eigenvalue weighted by molar-refractivity contribution is 7.14. The number of anilines is 2. The van der Waals surface area contributed by atoms with Crippen LogP contribution < -0.4 is 10.6 Å². The fourth-order valence-corrected chi connectivity index (χ4v) is 4.75. The van der Waals surface area contributed by atoms with Crippen molar-refractivity contribution in [2.24, 2.45) is 0 Å². The third-order valence-corrected chi connectivity index (χ3v) is 6.30. The van der Waals surface area contributed by atoms with Gasteiger partial charge in [0.25, 0.3) is 0 Å². The van der Waals surface area contributed by atoms with Crippen LogP contribution in [-0.2, 0) is 19.1 Å². The summed E-state index contributed by atoms with van der Waals surface area (Å²) >= 11 is 1.45. The van der Waals surface area contributed by atoms with Crippen LogP contribution in [0.2, 0.25) is 0 Å². The number of esters is 2. The van der Waals surface area contributed by atoms with E-state index in [1.165, 1.54) is 25.6 Å². The monoisotopic (exact) mass is 476 g/mol. The Bertz CT molecular complexity index is 1260. The molecule has 2 N–H and O–H groups in total. The number of carbonyl (C=O) groups is 2. The molecule has 4 rings (SSSR count). The van der Waals surface area contributed by atoms with E-state index in [1.807, 2.05) is 41.8 Å². The summed E-state index contributed by atoms with van der Waals surface area (Å²) in [4.78, 5) is 34.5. The van der Waals surface area contributed by atoms with Crippen molar-refractivity contribution in [1.29, 1.82) is 0 Å². The number of para-hydroxylation sites is 1. The van der Waals surface area contributed by atoms with Gasteiger partial charge >= 0.3 is 11.9 Å². The van der Waals surface area contributed by atoms with Gasteiger partial charge in [0.15, 0.2) is 5.13 Å². The number of thiazole rings is 1. The van der Waals surface area contributed by atoms with Crippen LogP contribution >= 0.6 is 11.3 Å². The fourth-order valence-electron chi connectivity index (χ4n) is 4.02. The van der Waals surface area contributed by atoms with Crippen LogP contribution in [-0.4, -0.2) is 36.1 Å². The first-order valence-electron chi connectivity index (χ1n) is 10.5. The first-order valence-corrected chi connectivity index (χ1v) is 11.4. The van der Waals surface area contributed by atoms with E-state index in [1.54, 1.807) is 26.2 Å². The minimum Gasteiger partial charge on any atom is -0.466 e. The Balaban J connectivity index is 1.79. The summed E-state index contributed by atoms with van der Waals surface area (Å²) in [5, 5.41) is 9.10. The molecular formula is C25H24N4O4S. The van der Waals surface area contributed by atoms with E-state index in [2.05, 4.69) is 20.6 Å². The molecule has 0 atom stereocenters. The van der Waals surface area contributed by atoms with Crippen molar-refractivity contribution in [2.45, 2.75) is 19.8 Å². The summed E-state index contributed by atoms with van der Waals surface area (Å²) < 4.78 is 10.1. The van der Waals surface area contributed by atoms with Crippen LogP contribution in [0.3, 0.4) is 0 Å². The van der Waals surface area contributed by atoms with Gasteiger partial charge in [-0.05, 0) is 37.6 Å². The summed E-state index contributed by atoms with van der Waals surface area (Å²) in [7, 11) is 2.64. The van der Waals surface area contributed by atoms with E-state index in [0.29, 0.717) is 33.4 Å². The van der Waals surface area contributed by atoms with Gasteiger partial charge in [-0.25, -0.2) is 14.6 Å². The predicted octanol–water partition coefficient (Wildman–Crippen LogP) is 4.53. The molecule has 0 fully saturated rings. The van der Waals surface area contributed by atoms with Crippen LogP contribution in [0.25, 0.3) is 11.3 Å². The molecule has 0 radical (unpaired) electrons. The number of allylic oxidation sites excluding steroid dienone is 2. The first-order chi connectivity index (χ1) is 16.4. The average Bonchev–Trinajstić information content (AvgIpc) is 3.32. The van der Waals surface area contributed by atoms with E-state index in [9.17, 15) is 9.59 Å². The normalized spacial score (nSPS) is 14.0. The number of dihydropyridines is 1. The van der Waals surface area contributed by atoms with Crippen molar-refractivity contribution in [3.8, 4) is 11.3 Å². The lowest BCUT2D eigenvalue weighted by Gasteiger charge is -2.31. The van der Waals surface area contributed by atoms with E-state index >= 15 is 0 Å². The van der Waals surface area contributed by atoms with Gasteiger partial charge in [0.1, 0.15) is 0 Å². The van der Waals surface area contributed by atoms with Gasteiger partial charge in [0, 0.05) is 40.4 Å². The Morgan fingerprint density at radius 1 is 1.00 bits per heavy atom. The van der Waals surface area contributed by atoms with Crippen molar-refractivity contribution in [3.63, 3.8) is 0 Å². The SMILES string of the molecule is COC(=O)C1=C(C)NC(C)=C(C(=O)OC)C1c1ccccc1Nc1nc(-c2cccnc2)cs1. The molecule has 1 aromatic carbocycles. The number of pyridine rings is 1. The lowest BCUT2D eigenvalue weighted by molar-refractivity contribution is -0.137. The quantitative estimate of drug-likeness (QED) is 0.501. The maximum Gasteiger partial charge on any atom is 0.336 e. The number of hydrogen-bond acceptors (Lipinski definition) is 9. The fraction of sp³-hybridized carbons (Fsp3) is 0.200. The van der Waals surface area contributed by atoms with Crippen molar-refractivity contribution < 1.29 is 19.1 Å². The summed E-state index contributed by atoms with van der Waals surface area (Å²) in [6.45, 7) is 3.57. The summed E-state index contributed by atoms with van der Waals surface area (Å²) in [5.41, 5.74) is 5.07. The second kappa shape index (κ2) is 9.88. The maximum atomic E-state index is 12.8. The van der Waals surface area contributed by atoms with Crippen LogP contribution in [0, 0.1) is 0 Å². The maximum absolute atomic E-state index is 12.8. The number of nitrogens with one attached hydrogen (secondary N) is 2. The zero-order chi connectivity index (χ0) is 24.2. The molecule has 0 amide bonds. The molecule has 0 unspecified atom stereocenters. The van der Waals surface area contributed by atoms with Crippen molar-refractivity contribution in [3.05, 3.63) is 82.3 Å². The Morgan fingerprint density at radius 2 is 1.68 bits per heavy atom. The van der Waals surface area contributed by atoms with Crippen LogP contribution in [0.15, 0.2) is 76.7 Å². The molecular weight excluding hydrogens is 452 g/mol. The number of hydrogen-bond donors (Lipinski definition) is 2. The molecule has 34 heavy (non-hydrogen) atoms. The molecule has 3 heterocycles. The van der Waals surface area contributed by atoms with Crippen LogP contribution in [0.5, 0.6) is 0 Å². The Hall–Kier alpha value is -3.98. The topological polar surface area (TPSA) is 102 Å². The average molecular weight is 477 g/mol. The van der Waals surface area contributed by atoms with Gasteiger partial charge in [-0.15, -0.1) is 11.3 Å². The standard InChI is InChI=1S/C25H24N4O4S/c1-14-20(23(30)32-3)22(21(15(2)27-14)24(31)33-4)17-9-5-6-10-18(17)28-25-29-19(13-34-25)16-8-7-11-26-12-16/h5-13,22,27H,1-4H3,(H,28,29). The van der Waals surface area contributed by atoms with Crippen molar-refractivity contribution in [2.75, 3.05) is 19.5 Å². The summed E-state index contributed by atoms with van der Waals surface area (Å²) in [5.74, 6) is -1.73. The van der Waals surface area contributed by atoms with Gasteiger partial charge in [-0.3, -0.25) is 4.98 Å². The number of carbonyl (C=O) groups excluding carboxylic acids is 2. The molecule has 9 heteroatoms. The van der Waals surface area contributed by atoms with Crippen molar-refractivity contribution >= 4 is 34.1 Å². The highest BCUT2D eigenvalue weighted by atomic mass is 32.1. The van der Waals surface area contributed by atoms with Gasteiger partial charge in [-0.2, -0.15) is 0 Å². The zero-order valence-electron chi connectivity index (χ0n) is 19.2. The molecule has 1 aliphatic heterocycles. The van der Waals surface area contributed by atoms with Gasteiger partial charge in [-0.1, -0.05) is 18.2 Å². The molecule has 0 saturated heterocycles. The Labute approximate surface area is 201 Å². The third-order valence-electron chi connectivity index (χ3n) is 5.55. The zero-order valence-corrected chi connectivity index (χ0v) is 20.0.